The monoisotopic (exact) mass is 620 g/mol. The number of hydrogen-bond acceptors (Lipinski definition) is 0. The fourth-order valence-corrected chi connectivity index (χ4v) is 13.0. The molecule has 1 heterocycles. The summed E-state index contributed by atoms with van der Waals surface area (Å²) >= 11 is 0. The summed E-state index contributed by atoms with van der Waals surface area (Å²) in [6.07, 6.45) is 4.85. The van der Waals surface area contributed by atoms with Crippen LogP contribution in [0.15, 0.2) is 83.9 Å². The van der Waals surface area contributed by atoms with Crippen LogP contribution in [0.25, 0.3) is 33.5 Å². The van der Waals surface area contributed by atoms with Crippen LogP contribution in [0.3, 0.4) is 0 Å². The van der Waals surface area contributed by atoms with E-state index in [-0.39, 0.29) is 10.8 Å². The average molecular weight is 621 g/mol. The van der Waals surface area contributed by atoms with Gasteiger partial charge in [-0.25, -0.2) is 0 Å². The molecule has 7 rings (SSSR count). The zero-order valence-corrected chi connectivity index (χ0v) is 31.1. The smallest absolute Gasteiger partial charge is 0.0658 e. The maximum Gasteiger partial charge on any atom is 0.114 e. The van der Waals surface area contributed by atoms with Gasteiger partial charge in [0.15, 0.2) is 0 Å². The van der Waals surface area contributed by atoms with Crippen LogP contribution in [0.2, 0.25) is 13.1 Å². The van der Waals surface area contributed by atoms with E-state index in [4.69, 9.17) is 0 Å². The summed E-state index contributed by atoms with van der Waals surface area (Å²) in [6, 6.07) is 28.7. The van der Waals surface area contributed by atoms with Crippen LogP contribution in [0.5, 0.6) is 0 Å². The van der Waals surface area contributed by atoms with E-state index in [0.717, 1.165) is 12.8 Å². The predicted octanol–water partition coefficient (Wildman–Crippen LogP) is 12.0. The molecule has 0 spiro atoms. The molecule has 46 heavy (non-hydrogen) atoms. The van der Waals surface area contributed by atoms with Crippen molar-refractivity contribution >= 4 is 24.5 Å². The Balaban J connectivity index is 1.45. The number of hydrogen-bond donors (Lipinski definition) is 0. The third-order valence-electron chi connectivity index (χ3n) is 11.3. The molecule has 1 heteroatoms. The third kappa shape index (κ3) is 4.68. The van der Waals surface area contributed by atoms with Crippen molar-refractivity contribution in [2.75, 3.05) is 0 Å². The molecule has 0 nitrogen and oxygen atoms in total. The van der Waals surface area contributed by atoms with E-state index in [1.165, 1.54) is 38.9 Å². The van der Waals surface area contributed by atoms with Crippen molar-refractivity contribution in [3.8, 4) is 22.3 Å². The summed E-state index contributed by atoms with van der Waals surface area (Å²) in [7, 11) is -1.95. The molecule has 0 saturated heterocycles. The number of allylic oxidation sites excluding steroid dienone is 2. The summed E-state index contributed by atoms with van der Waals surface area (Å²) < 4.78 is 0. The van der Waals surface area contributed by atoms with Crippen molar-refractivity contribution in [2.24, 2.45) is 5.92 Å². The normalized spacial score (nSPS) is 18.1. The quantitative estimate of drug-likeness (QED) is 0.195. The molecule has 1 aliphatic heterocycles. The second-order valence-corrected chi connectivity index (χ2v) is 21.3. The molecular weight excluding hydrogens is 569 g/mol. The Bertz CT molecular complexity index is 1930. The summed E-state index contributed by atoms with van der Waals surface area (Å²) in [5, 5.41) is 3.45. The van der Waals surface area contributed by atoms with Crippen molar-refractivity contribution in [1.82, 2.24) is 0 Å². The predicted molar refractivity (Wildman–Crippen MR) is 204 cm³/mol. The lowest BCUT2D eigenvalue weighted by atomic mass is 9.80. The standard InChI is InChI=1S/C45H52Si/c1-12-28-24-31-25-38(43-39(40(31)42(28)46(43,10)11)30-18-22-33(23-19-30)45(7,8)9)41-35-15-13-14-34(37(35)26-36(41)27(2)3)29-16-20-32(21-17-29)44(4,5)6/h13-23,25-27,41H,12,24H2,1-11H3. The van der Waals surface area contributed by atoms with Crippen LogP contribution in [-0.2, 0) is 17.3 Å². The molecule has 4 aromatic rings. The molecule has 1 unspecified atom stereocenters. The lowest BCUT2D eigenvalue weighted by molar-refractivity contribution is 0.590. The number of benzene rings is 4. The SMILES string of the molecule is CCC1=C2c3c(cc(C4C(C(C)C)=Cc5c(-c6ccc(C(C)(C)C)cc6)cccc54)c(c3-c3ccc(C(C)(C)C)cc3)[Si]2(C)C)C1. The highest BCUT2D eigenvalue weighted by Gasteiger charge is 2.49. The van der Waals surface area contributed by atoms with E-state index >= 15 is 0 Å². The van der Waals surface area contributed by atoms with Gasteiger partial charge in [0.25, 0.3) is 0 Å². The maximum absolute atomic E-state index is 2.67. The molecule has 4 aromatic carbocycles. The van der Waals surface area contributed by atoms with E-state index in [1.807, 2.05) is 0 Å². The second kappa shape index (κ2) is 10.5. The van der Waals surface area contributed by atoms with Gasteiger partial charge in [0.1, 0.15) is 8.07 Å². The molecule has 2 aliphatic carbocycles. The number of rotatable bonds is 5. The van der Waals surface area contributed by atoms with Gasteiger partial charge in [-0.15, -0.1) is 0 Å². The first-order valence-corrected chi connectivity index (χ1v) is 20.6. The van der Waals surface area contributed by atoms with Crippen molar-refractivity contribution in [1.29, 1.82) is 0 Å². The minimum atomic E-state index is -1.95. The van der Waals surface area contributed by atoms with Gasteiger partial charge in [-0.3, -0.25) is 0 Å². The van der Waals surface area contributed by atoms with Crippen LogP contribution in [0, 0.1) is 5.92 Å². The van der Waals surface area contributed by atoms with Crippen molar-refractivity contribution < 1.29 is 0 Å². The van der Waals surface area contributed by atoms with Gasteiger partial charge in [0.2, 0.25) is 0 Å². The molecule has 1 atom stereocenters. The van der Waals surface area contributed by atoms with Crippen LogP contribution in [-0.4, -0.2) is 8.07 Å². The summed E-state index contributed by atoms with van der Waals surface area (Å²) in [4.78, 5) is 0. The van der Waals surface area contributed by atoms with Gasteiger partial charge in [-0.1, -0.05) is 165 Å². The van der Waals surface area contributed by atoms with Crippen LogP contribution in [0.4, 0.5) is 0 Å². The number of fused-ring (bicyclic) bond motifs is 2. The first-order chi connectivity index (χ1) is 21.6. The molecule has 0 amide bonds. The molecule has 0 aromatic heterocycles. The lowest BCUT2D eigenvalue weighted by Crippen LogP contribution is -2.43. The average Bonchev–Trinajstić information content (AvgIpc) is 3.63. The zero-order valence-electron chi connectivity index (χ0n) is 30.1. The molecule has 0 N–H and O–H groups in total. The van der Waals surface area contributed by atoms with E-state index in [9.17, 15) is 0 Å². The highest BCUT2D eigenvalue weighted by molar-refractivity contribution is 7.07. The van der Waals surface area contributed by atoms with Crippen molar-refractivity contribution in [3.05, 3.63) is 123 Å². The molecule has 3 aliphatic rings. The van der Waals surface area contributed by atoms with Gasteiger partial charge in [-0.2, -0.15) is 0 Å². The minimum absolute atomic E-state index is 0.148. The van der Waals surface area contributed by atoms with E-state index in [0.29, 0.717) is 11.8 Å². The van der Waals surface area contributed by atoms with Gasteiger partial charge in [0, 0.05) is 5.92 Å². The van der Waals surface area contributed by atoms with E-state index in [1.54, 1.807) is 43.8 Å². The first kappa shape index (κ1) is 31.2. The molecule has 2 bridgehead atoms. The van der Waals surface area contributed by atoms with Gasteiger partial charge >= 0.3 is 0 Å². The highest BCUT2D eigenvalue weighted by atomic mass is 28.3. The highest BCUT2D eigenvalue weighted by Crippen LogP contribution is 2.55. The van der Waals surface area contributed by atoms with Crippen LogP contribution < -0.4 is 5.19 Å². The Morgan fingerprint density at radius 1 is 0.739 bits per heavy atom. The van der Waals surface area contributed by atoms with Gasteiger partial charge < -0.3 is 0 Å². The Kier molecular flexibility index (Phi) is 7.15. The van der Waals surface area contributed by atoms with Gasteiger partial charge in [0.05, 0.1) is 0 Å². The minimum Gasteiger partial charge on any atom is -0.0658 e. The van der Waals surface area contributed by atoms with Gasteiger partial charge in [-0.05, 0) is 101 Å². The lowest BCUT2D eigenvalue weighted by Gasteiger charge is -2.30. The third-order valence-corrected chi connectivity index (χ3v) is 14.9. The molecule has 0 radical (unpaired) electrons. The summed E-state index contributed by atoms with van der Waals surface area (Å²) in [6.45, 7) is 26.3. The summed E-state index contributed by atoms with van der Waals surface area (Å²) in [5.74, 6) is 0.766. The second-order valence-electron chi connectivity index (χ2n) is 17.1. The van der Waals surface area contributed by atoms with E-state index in [2.05, 4.69) is 154 Å². The topological polar surface area (TPSA) is 0 Å². The Hall–Kier alpha value is -3.42. The van der Waals surface area contributed by atoms with Crippen LogP contribution >= 0.6 is 0 Å². The van der Waals surface area contributed by atoms with Crippen molar-refractivity contribution in [3.63, 3.8) is 0 Å². The van der Waals surface area contributed by atoms with E-state index < -0.39 is 8.07 Å². The fourth-order valence-electron chi connectivity index (χ4n) is 8.86. The Morgan fingerprint density at radius 3 is 1.87 bits per heavy atom. The summed E-state index contributed by atoms with van der Waals surface area (Å²) in [5.41, 5.74) is 19.7. The first-order valence-electron chi connectivity index (χ1n) is 17.6. The van der Waals surface area contributed by atoms with Crippen LogP contribution in [0.1, 0.15) is 114 Å². The Labute approximate surface area is 279 Å². The molecule has 0 fully saturated rings. The Morgan fingerprint density at radius 2 is 1.33 bits per heavy atom. The largest absolute Gasteiger partial charge is 0.114 e. The fraction of sp³-hybridized carbons (Fsp3) is 0.378. The zero-order chi connectivity index (χ0) is 32.9. The molecular formula is C45H52Si. The van der Waals surface area contributed by atoms with Crippen molar-refractivity contribution in [2.45, 2.75) is 105 Å². The molecule has 236 valence electrons. The molecule has 0 saturated carbocycles. The maximum atomic E-state index is 2.67.